The Balaban J connectivity index is 2.11. The van der Waals surface area contributed by atoms with Crippen molar-refractivity contribution < 1.29 is 17.6 Å². The Morgan fingerprint density at radius 2 is 1.69 bits per heavy atom. The Labute approximate surface area is 172 Å². The highest BCUT2D eigenvalue weighted by Crippen LogP contribution is 2.19. The Hall–Kier alpha value is -2.29. The third kappa shape index (κ3) is 5.62. The van der Waals surface area contributed by atoms with Crippen LogP contribution in [0.2, 0.25) is 0 Å². The van der Waals surface area contributed by atoms with E-state index in [1.165, 1.54) is 47.8 Å². The van der Waals surface area contributed by atoms with Crippen LogP contribution in [-0.2, 0) is 10.0 Å². The van der Waals surface area contributed by atoms with Gasteiger partial charge in [0.25, 0.3) is 5.91 Å². The van der Waals surface area contributed by atoms with Gasteiger partial charge >= 0.3 is 0 Å². The predicted molar refractivity (Wildman–Crippen MR) is 112 cm³/mol. The first-order valence-electron chi connectivity index (χ1n) is 9.32. The third-order valence-corrected chi connectivity index (χ3v) is 6.88. The molecule has 0 aliphatic carbocycles. The number of hydrogen-bond acceptors (Lipinski definition) is 4. The van der Waals surface area contributed by atoms with Crippen LogP contribution >= 0.6 is 0 Å². The van der Waals surface area contributed by atoms with Crippen LogP contribution in [0.4, 0.5) is 4.39 Å². The van der Waals surface area contributed by atoms with E-state index in [-0.39, 0.29) is 35.2 Å². The van der Waals surface area contributed by atoms with Gasteiger partial charge in [0, 0.05) is 25.2 Å². The van der Waals surface area contributed by atoms with Crippen molar-refractivity contribution in [3.8, 4) is 0 Å². The second kappa shape index (κ2) is 9.47. The summed E-state index contributed by atoms with van der Waals surface area (Å²) in [5.74, 6) is -0.654. The summed E-state index contributed by atoms with van der Waals surface area (Å²) in [7, 11) is 1.63. The molecule has 0 unspecified atom stereocenters. The zero-order valence-corrected chi connectivity index (χ0v) is 18.2. The molecule has 0 spiro atoms. The lowest BCUT2D eigenvalue weighted by molar-refractivity contribution is 0.0942. The van der Waals surface area contributed by atoms with Gasteiger partial charge in [-0.15, -0.1) is 0 Å². The fourth-order valence-corrected chi connectivity index (χ4v) is 4.19. The molecule has 2 rings (SSSR count). The molecule has 2 aromatic carbocycles. The summed E-state index contributed by atoms with van der Waals surface area (Å²) in [4.78, 5) is 14.5. The number of amides is 1. The topological polar surface area (TPSA) is 69.7 Å². The van der Waals surface area contributed by atoms with Gasteiger partial charge in [-0.3, -0.25) is 4.79 Å². The van der Waals surface area contributed by atoms with Gasteiger partial charge in [0.15, 0.2) is 0 Å². The monoisotopic (exact) mass is 421 g/mol. The molecule has 158 valence electrons. The fraction of sp³-hybridized carbons (Fsp3) is 0.381. The summed E-state index contributed by atoms with van der Waals surface area (Å²) in [5, 5.41) is 2.83. The van der Waals surface area contributed by atoms with Crippen molar-refractivity contribution in [3.63, 3.8) is 0 Å². The summed E-state index contributed by atoms with van der Waals surface area (Å²) in [6.45, 7) is 3.86. The minimum absolute atomic E-state index is 0.135. The summed E-state index contributed by atoms with van der Waals surface area (Å²) < 4.78 is 39.9. The smallest absolute Gasteiger partial charge is 0.251 e. The van der Waals surface area contributed by atoms with Crippen LogP contribution in [0.1, 0.15) is 35.8 Å². The molecule has 29 heavy (non-hydrogen) atoms. The number of nitrogens with zero attached hydrogens (tertiary/aromatic N) is 2. The molecule has 2 aromatic rings. The highest BCUT2D eigenvalue weighted by atomic mass is 32.2. The molecule has 0 aliphatic heterocycles. The lowest BCUT2D eigenvalue weighted by Gasteiger charge is -2.25. The van der Waals surface area contributed by atoms with Crippen molar-refractivity contribution >= 4 is 15.9 Å². The Kier molecular flexibility index (Phi) is 7.51. The quantitative estimate of drug-likeness (QED) is 0.712. The predicted octanol–water partition coefficient (Wildman–Crippen LogP) is 2.89. The van der Waals surface area contributed by atoms with Crippen molar-refractivity contribution in [3.05, 3.63) is 65.5 Å². The first-order chi connectivity index (χ1) is 13.5. The number of halogens is 1. The number of carbonyl (C=O) groups excluding carboxylic acids is 1. The maximum absolute atomic E-state index is 13.5. The minimum atomic E-state index is -3.60. The molecule has 0 fully saturated rings. The van der Waals surface area contributed by atoms with E-state index in [0.29, 0.717) is 5.56 Å². The van der Waals surface area contributed by atoms with Gasteiger partial charge in [0.1, 0.15) is 5.82 Å². The van der Waals surface area contributed by atoms with E-state index in [4.69, 9.17) is 0 Å². The van der Waals surface area contributed by atoms with Crippen LogP contribution in [0.3, 0.4) is 0 Å². The first-order valence-corrected chi connectivity index (χ1v) is 10.8. The normalized spacial score (nSPS) is 13.1. The maximum atomic E-state index is 13.5. The second-order valence-electron chi connectivity index (χ2n) is 7.38. The molecule has 0 aliphatic rings. The van der Waals surface area contributed by atoms with Crippen molar-refractivity contribution in [1.82, 2.24) is 14.5 Å². The van der Waals surface area contributed by atoms with Gasteiger partial charge in [-0.2, -0.15) is 4.31 Å². The number of benzene rings is 2. The van der Waals surface area contributed by atoms with Gasteiger partial charge in [-0.25, -0.2) is 12.8 Å². The summed E-state index contributed by atoms with van der Waals surface area (Å²) in [5.41, 5.74) is 1.11. The summed E-state index contributed by atoms with van der Waals surface area (Å²) in [6, 6.07) is 11.7. The highest BCUT2D eigenvalue weighted by molar-refractivity contribution is 7.89. The molecule has 6 nitrogen and oxygen atoms in total. The van der Waals surface area contributed by atoms with Crippen LogP contribution in [0, 0.1) is 5.82 Å². The Morgan fingerprint density at radius 3 is 2.21 bits per heavy atom. The molecule has 0 bridgehead atoms. The SMILES string of the molecule is CC(C)N(C)S(=O)(=O)c1ccc(C(=O)NC[C@H](c2cccc(F)c2)N(C)C)cc1. The van der Waals surface area contributed by atoms with E-state index >= 15 is 0 Å². The number of likely N-dealkylation sites (N-methyl/N-ethyl adjacent to an activating group) is 1. The number of carbonyl (C=O) groups is 1. The minimum Gasteiger partial charge on any atom is -0.350 e. The number of rotatable bonds is 8. The molecule has 1 amide bonds. The summed E-state index contributed by atoms with van der Waals surface area (Å²) >= 11 is 0. The fourth-order valence-electron chi connectivity index (χ4n) is 2.83. The van der Waals surface area contributed by atoms with Crippen LogP contribution < -0.4 is 5.32 Å². The van der Waals surface area contributed by atoms with Gasteiger partial charge in [0.05, 0.1) is 10.9 Å². The summed E-state index contributed by atoms with van der Waals surface area (Å²) in [6.07, 6.45) is 0. The number of sulfonamides is 1. The van der Waals surface area contributed by atoms with Crippen LogP contribution in [0.15, 0.2) is 53.4 Å². The van der Waals surface area contributed by atoms with Gasteiger partial charge in [-0.05, 0) is 69.9 Å². The van der Waals surface area contributed by atoms with Gasteiger partial charge in [-0.1, -0.05) is 12.1 Å². The first kappa shape index (κ1) is 23.0. The van der Waals surface area contributed by atoms with E-state index in [9.17, 15) is 17.6 Å². The number of nitrogens with one attached hydrogen (secondary N) is 1. The van der Waals surface area contributed by atoms with Crippen LogP contribution in [0.25, 0.3) is 0 Å². The molecule has 0 radical (unpaired) electrons. The number of hydrogen-bond donors (Lipinski definition) is 1. The van der Waals surface area contributed by atoms with Gasteiger partial charge in [0.2, 0.25) is 10.0 Å². The molecule has 0 saturated carbocycles. The van der Waals surface area contributed by atoms with Crippen molar-refractivity contribution in [2.45, 2.75) is 30.8 Å². The largest absolute Gasteiger partial charge is 0.350 e. The Bertz CT molecular complexity index is 944. The molecule has 0 saturated heterocycles. The lowest BCUT2D eigenvalue weighted by atomic mass is 10.1. The average molecular weight is 422 g/mol. The van der Waals surface area contributed by atoms with Crippen molar-refractivity contribution in [2.75, 3.05) is 27.7 Å². The van der Waals surface area contributed by atoms with Crippen LogP contribution in [0.5, 0.6) is 0 Å². The molecule has 0 heterocycles. The zero-order valence-electron chi connectivity index (χ0n) is 17.4. The van der Waals surface area contributed by atoms with Crippen molar-refractivity contribution in [1.29, 1.82) is 0 Å². The van der Waals surface area contributed by atoms with E-state index < -0.39 is 10.0 Å². The Morgan fingerprint density at radius 1 is 1.07 bits per heavy atom. The molecular formula is C21H28FN3O3S. The van der Waals surface area contributed by atoms with E-state index in [0.717, 1.165) is 5.56 Å². The molecule has 8 heteroatoms. The maximum Gasteiger partial charge on any atom is 0.251 e. The molecule has 1 N–H and O–H groups in total. The lowest BCUT2D eigenvalue weighted by Crippen LogP contribution is -2.35. The van der Waals surface area contributed by atoms with E-state index in [2.05, 4.69) is 5.32 Å². The zero-order chi connectivity index (χ0) is 21.8. The average Bonchev–Trinajstić information content (AvgIpc) is 2.67. The highest BCUT2D eigenvalue weighted by Gasteiger charge is 2.23. The molecular weight excluding hydrogens is 393 g/mol. The third-order valence-electron chi connectivity index (χ3n) is 4.83. The standard InChI is InChI=1S/C21H28FN3O3S/c1-15(2)25(5)29(27,28)19-11-9-16(10-12-19)21(26)23-14-20(24(3)4)17-7-6-8-18(22)13-17/h6-13,15,20H,14H2,1-5H3,(H,23,26)/t20-/m1/s1. The van der Waals surface area contributed by atoms with Crippen molar-refractivity contribution in [2.24, 2.45) is 0 Å². The van der Waals surface area contributed by atoms with Gasteiger partial charge < -0.3 is 10.2 Å². The van der Waals surface area contributed by atoms with E-state index in [1.807, 2.05) is 25.1 Å². The van der Waals surface area contributed by atoms with Crippen LogP contribution in [-0.4, -0.2) is 57.3 Å². The molecule has 1 atom stereocenters. The second-order valence-corrected chi connectivity index (χ2v) is 9.38. The van der Waals surface area contributed by atoms with E-state index in [1.54, 1.807) is 19.9 Å². The molecule has 0 aromatic heterocycles.